The number of phenols is 1. The average Bonchev–Trinajstić information content (AvgIpc) is 2.60. The van der Waals surface area contributed by atoms with Gasteiger partial charge in [-0.15, -0.1) is 0 Å². The molecule has 0 spiro atoms. The lowest BCUT2D eigenvalue weighted by molar-refractivity contribution is -0.0886. The number of methoxy groups -OCH3 is 2. The van der Waals surface area contributed by atoms with Crippen molar-refractivity contribution in [1.82, 2.24) is 4.90 Å². The van der Waals surface area contributed by atoms with Crippen LogP contribution in [0.3, 0.4) is 0 Å². The Morgan fingerprint density at radius 3 is 2.50 bits per heavy atom. The second-order valence-electron chi connectivity index (χ2n) is 6.78. The van der Waals surface area contributed by atoms with Crippen LogP contribution in [0.25, 0.3) is 0 Å². The van der Waals surface area contributed by atoms with Crippen LogP contribution in [0, 0.1) is 5.92 Å². The van der Waals surface area contributed by atoms with E-state index in [9.17, 15) is 15.0 Å². The molecule has 1 heterocycles. The molecule has 2 aliphatic rings. The maximum atomic E-state index is 12.9. The summed E-state index contributed by atoms with van der Waals surface area (Å²) < 4.78 is 10.3. The van der Waals surface area contributed by atoms with Crippen LogP contribution in [0.15, 0.2) is 12.1 Å². The van der Waals surface area contributed by atoms with Gasteiger partial charge in [-0.3, -0.25) is 4.79 Å². The van der Waals surface area contributed by atoms with E-state index in [-0.39, 0.29) is 29.1 Å². The number of amides is 1. The summed E-state index contributed by atoms with van der Waals surface area (Å²) in [6.07, 6.45) is 4.59. The zero-order chi connectivity index (χ0) is 17.3. The molecule has 3 rings (SSSR count). The summed E-state index contributed by atoms with van der Waals surface area (Å²) in [4.78, 5) is 14.7. The van der Waals surface area contributed by atoms with Crippen molar-refractivity contribution in [1.29, 1.82) is 0 Å². The van der Waals surface area contributed by atoms with Crippen molar-refractivity contribution in [3.63, 3.8) is 0 Å². The summed E-state index contributed by atoms with van der Waals surface area (Å²) in [5, 5.41) is 20.7. The summed E-state index contributed by atoms with van der Waals surface area (Å²) in [6.45, 7) is 1.11. The third-order valence-corrected chi connectivity index (χ3v) is 5.44. The quantitative estimate of drug-likeness (QED) is 0.885. The first-order chi connectivity index (χ1) is 11.5. The monoisotopic (exact) mass is 335 g/mol. The van der Waals surface area contributed by atoms with Crippen LogP contribution in [-0.4, -0.2) is 53.9 Å². The Balaban J connectivity index is 1.82. The van der Waals surface area contributed by atoms with Gasteiger partial charge in [0.25, 0.3) is 5.91 Å². The van der Waals surface area contributed by atoms with Gasteiger partial charge in [0.15, 0.2) is 11.5 Å². The number of nitrogens with zero attached hydrogens (tertiary/aromatic N) is 1. The predicted molar refractivity (Wildman–Crippen MR) is 88.6 cm³/mol. The minimum Gasteiger partial charge on any atom is -0.502 e. The van der Waals surface area contributed by atoms with Gasteiger partial charge >= 0.3 is 0 Å². The third-order valence-electron chi connectivity index (χ3n) is 5.44. The summed E-state index contributed by atoms with van der Waals surface area (Å²) in [6, 6.07) is 3.06. The Hall–Kier alpha value is -1.95. The topological polar surface area (TPSA) is 79.2 Å². The van der Waals surface area contributed by atoms with E-state index in [1.165, 1.54) is 26.4 Å². The molecular formula is C18H25NO5. The largest absolute Gasteiger partial charge is 0.502 e. The molecule has 2 atom stereocenters. The van der Waals surface area contributed by atoms with E-state index in [0.717, 1.165) is 25.7 Å². The first-order valence-corrected chi connectivity index (χ1v) is 8.45. The van der Waals surface area contributed by atoms with Gasteiger partial charge in [0, 0.05) is 24.6 Å². The Labute approximate surface area is 142 Å². The molecule has 1 aliphatic carbocycles. The molecule has 2 fully saturated rings. The molecular weight excluding hydrogens is 310 g/mol. The molecule has 0 bridgehead atoms. The standard InChI is InChI=1S/C18H25NO5/c1-23-14-9-12(10-15(24-2)16(14)20)17(21)19-8-7-18(22)6-4-3-5-13(18)11-19/h9-10,13,20,22H,3-8,11H2,1-2H3/t13-,18-/m1/s1. The Morgan fingerprint density at radius 2 is 1.88 bits per heavy atom. The zero-order valence-corrected chi connectivity index (χ0v) is 14.2. The highest BCUT2D eigenvalue weighted by Gasteiger charge is 2.43. The molecule has 1 saturated carbocycles. The van der Waals surface area contributed by atoms with E-state index in [0.29, 0.717) is 25.1 Å². The number of piperidine rings is 1. The first kappa shape index (κ1) is 16.9. The number of hydrogen-bond donors (Lipinski definition) is 2. The summed E-state index contributed by atoms with van der Waals surface area (Å²) in [7, 11) is 2.87. The minimum absolute atomic E-state index is 0.114. The Bertz CT molecular complexity index is 607. The zero-order valence-electron chi connectivity index (χ0n) is 14.2. The molecule has 24 heavy (non-hydrogen) atoms. The van der Waals surface area contributed by atoms with Crippen molar-refractivity contribution in [2.75, 3.05) is 27.3 Å². The number of carbonyl (C=O) groups is 1. The lowest BCUT2D eigenvalue weighted by atomic mass is 9.71. The fraction of sp³-hybridized carbons (Fsp3) is 0.611. The normalized spacial score (nSPS) is 26.6. The minimum atomic E-state index is -0.612. The Kier molecular flexibility index (Phi) is 4.58. The van der Waals surface area contributed by atoms with E-state index in [2.05, 4.69) is 0 Å². The molecule has 1 aromatic rings. The lowest BCUT2D eigenvalue weighted by Crippen LogP contribution is -2.54. The summed E-state index contributed by atoms with van der Waals surface area (Å²) in [5.74, 6) is 0.327. The van der Waals surface area contributed by atoms with Gasteiger partial charge in [-0.2, -0.15) is 0 Å². The van der Waals surface area contributed by atoms with Crippen molar-refractivity contribution in [3.05, 3.63) is 17.7 Å². The first-order valence-electron chi connectivity index (χ1n) is 8.45. The maximum absolute atomic E-state index is 12.9. The van der Waals surface area contributed by atoms with Crippen molar-refractivity contribution >= 4 is 5.91 Å². The molecule has 1 aliphatic heterocycles. The van der Waals surface area contributed by atoms with E-state index < -0.39 is 5.60 Å². The molecule has 6 nitrogen and oxygen atoms in total. The van der Waals surface area contributed by atoms with Crippen LogP contribution in [-0.2, 0) is 0 Å². The van der Waals surface area contributed by atoms with Gasteiger partial charge < -0.3 is 24.6 Å². The number of aliphatic hydroxyl groups is 1. The maximum Gasteiger partial charge on any atom is 0.254 e. The van der Waals surface area contributed by atoms with Crippen LogP contribution < -0.4 is 9.47 Å². The van der Waals surface area contributed by atoms with Crippen molar-refractivity contribution in [2.45, 2.75) is 37.7 Å². The lowest BCUT2D eigenvalue weighted by Gasteiger charge is -2.47. The van der Waals surface area contributed by atoms with Gasteiger partial charge in [0.1, 0.15) is 0 Å². The second-order valence-corrected chi connectivity index (χ2v) is 6.78. The number of ether oxygens (including phenoxy) is 2. The third kappa shape index (κ3) is 2.90. The number of likely N-dealkylation sites (tertiary alicyclic amines) is 1. The van der Waals surface area contributed by atoms with Gasteiger partial charge in [0.2, 0.25) is 5.75 Å². The number of hydrogen-bond acceptors (Lipinski definition) is 5. The van der Waals surface area contributed by atoms with Crippen molar-refractivity contribution in [3.8, 4) is 17.2 Å². The van der Waals surface area contributed by atoms with E-state index in [1.54, 1.807) is 4.90 Å². The number of fused-ring (bicyclic) bond motifs is 1. The highest BCUT2D eigenvalue weighted by Crippen LogP contribution is 2.41. The highest BCUT2D eigenvalue weighted by molar-refractivity contribution is 5.95. The SMILES string of the molecule is COc1cc(C(=O)N2CC[C@]3(O)CCCC[C@@H]3C2)cc(OC)c1O. The van der Waals surface area contributed by atoms with Crippen molar-refractivity contribution in [2.24, 2.45) is 5.92 Å². The number of benzene rings is 1. The van der Waals surface area contributed by atoms with Gasteiger partial charge in [0.05, 0.1) is 19.8 Å². The number of phenolic OH excluding ortho intramolecular Hbond substituents is 1. The van der Waals surface area contributed by atoms with Crippen LogP contribution in [0.1, 0.15) is 42.5 Å². The number of aromatic hydroxyl groups is 1. The highest BCUT2D eigenvalue weighted by atomic mass is 16.5. The molecule has 0 unspecified atom stereocenters. The van der Waals surface area contributed by atoms with Crippen LogP contribution in [0.4, 0.5) is 0 Å². The molecule has 132 valence electrons. The van der Waals surface area contributed by atoms with Gasteiger partial charge in [-0.25, -0.2) is 0 Å². The number of carbonyl (C=O) groups excluding carboxylic acids is 1. The van der Waals surface area contributed by atoms with E-state index in [4.69, 9.17) is 9.47 Å². The van der Waals surface area contributed by atoms with E-state index >= 15 is 0 Å². The van der Waals surface area contributed by atoms with E-state index in [1.807, 2.05) is 0 Å². The van der Waals surface area contributed by atoms with Gasteiger partial charge in [-0.1, -0.05) is 12.8 Å². The second kappa shape index (κ2) is 6.51. The molecule has 1 amide bonds. The fourth-order valence-corrected chi connectivity index (χ4v) is 3.95. The van der Waals surface area contributed by atoms with Crippen LogP contribution in [0.2, 0.25) is 0 Å². The fourth-order valence-electron chi connectivity index (χ4n) is 3.95. The summed E-state index contributed by atoms with van der Waals surface area (Å²) in [5.41, 5.74) is -0.193. The molecule has 6 heteroatoms. The predicted octanol–water partition coefficient (Wildman–Crippen LogP) is 2.18. The number of rotatable bonds is 3. The molecule has 2 N–H and O–H groups in total. The van der Waals surface area contributed by atoms with Crippen LogP contribution >= 0.6 is 0 Å². The van der Waals surface area contributed by atoms with Crippen molar-refractivity contribution < 1.29 is 24.5 Å². The van der Waals surface area contributed by atoms with Crippen LogP contribution in [0.5, 0.6) is 17.2 Å². The average molecular weight is 335 g/mol. The molecule has 1 saturated heterocycles. The smallest absolute Gasteiger partial charge is 0.254 e. The van der Waals surface area contributed by atoms with Gasteiger partial charge in [-0.05, 0) is 31.4 Å². The molecule has 1 aromatic carbocycles. The Morgan fingerprint density at radius 1 is 1.21 bits per heavy atom. The molecule has 0 radical (unpaired) electrons. The summed E-state index contributed by atoms with van der Waals surface area (Å²) >= 11 is 0. The molecule has 0 aromatic heterocycles.